The van der Waals surface area contributed by atoms with E-state index in [0.29, 0.717) is 31.4 Å². The molecule has 1 aliphatic rings. The second-order valence-electron chi connectivity index (χ2n) is 8.28. The fourth-order valence-electron chi connectivity index (χ4n) is 3.86. The number of carbonyl (C=O) groups is 1. The molecule has 1 unspecified atom stereocenters. The topological polar surface area (TPSA) is 67.6 Å². The van der Waals surface area contributed by atoms with Crippen LogP contribution >= 0.6 is 15.9 Å². The summed E-state index contributed by atoms with van der Waals surface area (Å²) in [6.45, 7) is 7.95. The summed E-state index contributed by atoms with van der Waals surface area (Å²) in [6.07, 6.45) is 0. The molecule has 1 atom stereocenters. The lowest BCUT2D eigenvalue weighted by atomic mass is 9.98. The predicted octanol–water partition coefficient (Wildman–Crippen LogP) is 5.03. The fourth-order valence-corrected chi connectivity index (χ4v) is 4.13. The molecule has 1 N–H and O–H groups in total. The molecule has 2 heterocycles. The van der Waals surface area contributed by atoms with E-state index in [1.807, 2.05) is 24.3 Å². The molecule has 1 aliphatic heterocycles. The Morgan fingerprint density at radius 2 is 1.72 bits per heavy atom. The summed E-state index contributed by atoms with van der Waals surface area (Å²) >= 11 is 3.42. The van der Waals surface area contributed by atoms with Gasteiger partial charge in [-0.15, -0.1) is 0 Å². The first-order valence-corrected chi connectivity index (χ1v) is 11.7. The van der Waals surface area contributed by atoms with Crippen molar-refractivity contribution in [3.63, 3.8) is 0 Å². The molecule has 0 bridgehead atoms. The van der Waals surface area contributed by atoms with Gasteiger partial charge in [0.2, 0.25) is 0 Å². The Labute approximate surface area is 197 Å². The van der Waals surface area contributed by atoms with Crippen molar-refractivity contribution in [2.45, 2.75) is 25.8 Å². The second kappa shape index (κ2) is 10.4. The zero-order valence-electron chi connectivity index (χ0n) is 18.4. The predicted molar refractivity (Wildman–Crippen MR) is 128 cm³/mol. The summed E-state index contributed by atoms with van der Waals surface area (Å²) in [4.78, 5) is 15.2. The highest BCUT2D eigenvalue weighted by Crippen LogP contribution is 2.25. The van der Waals surface area contributed by atoms with Crippen molar-refractivity contribution < 1.29 is 14.1 Å². The Balaban J connectivity index is 1.46. The first-order valence-electron chi connectivity index (χ1n) is 10.9. The Hall–Kier alpha value is -2.48. The maximum Gasteiger partial charge on any atom is 0.273 e. The smallest absolute Gasteiger partial charge is 0.273 e. The van der Waals surface area contributed by atoms with Crippen LogP contribution in [0.15, 0.2) is 63.6 Å². The molecule has 0 saturated carbocycles. The van der Waals surface area contributed by atoms with E-state index in [1.54, 1.807) is 6.07 Å². The summed E-state index contributed by atoms with van der Waals surface area (Å²) in [5.74, 6) is 0.809. The van der Waals surface area contributed by atoms with E-state index in [4.69, 9.17) is 9.26 Å². The number of halogens is 1. The molecule has 1 amide bonds. The van der Waals surface area contributed by atoms with E-state index in [1.165, 1.54) is 11.1 Å². The molecular formula is C25H28BrN3O3. The number of rotatable bonds is 7. The number of ether oxygens (including phenoxy) is 1. The van der Waals surface area contributed by atoms with Gasteiger partial charge in [-0.05, 0) is 29.2 Å². The summed E-state index contributed by atoms with van der Waals surface area (Å²) in [5.41, 5.74) is 3.64. The lowest BCUT2D eigenvalue weighted by Gasteiger charge is -2.35. The lowest BCUT2D eigenvalue weighted by molar-refractivity contribution is 0.0162. The molecule has 0 radical (unpaired) electrons. The molecule has 32 heavy (non-hydrogen) atoms. The maximum atomic E-state index is 12.8. The van der Waals surface area contributed by atoms with Gasteiger partial charge in [0.25, 0.3) is 5.91 Å². The molecule has 168 valence electrons. The average molecular weight is 498 g/mol. The van der Waals surface area contributed by atoms with Gasteiger partial charge in [-0.1, -0.05) is 71.3 Å². The molecule has 1 aromatic heterocycles. The molecule has 6 nitrogen and oxygen atoms in total. The SMILES string of the molecule is CC(C)c1ccc(C(CNC(=O)c2cc(-c3ccc(Br)cc3)on2)N2CCOCC2)cc1. The number of hydrogen-bond donors (Lipinski definition) is 1. The summed E-state index contributed by atoms with van der Waals surface area (Å²) in [5, 5.41) is 7.03. The number of nitrogens with zero attached hydrogens (tertiary/aromatic N) is 2. The van der Waals surface area contributed by atoms with E-state index in [2.05, 4.69) is 69.4 Å². The van der Waals surface area contributed by atoms with E-state index >= 15 is 0 Å². The summed E-state index contributed by atoms with van der Waals surface area (Å²) in [6, 6.07) is 18.1. The Morgan fingerprint density at radius 1 is 1.06 bits per heavy atom. The standard InChI is InChI=1S/C25H28BrN3O3/c1-17(2)18-3-5-19(6-4-18)23(29-11-13-31-14-12-29)16-27-25(30)22-15-24(32-28-22)20-7-9-21(26)10-8-20/h3-10,15,17,23H,11-14,16H2,1-2H3,(H,27,30). The molecule has 4 rings (SSSR count). The average Bonchev–Trinajstić information content (AvgIpc) is 3.31. The van der Waals surface area contributed by atoms with Crippen LogP contribution in [0, 0.1) is 0 Å². The zero-order chi connectivity index (χ0) is 22.5. The van der Waals surface area contributed by atoms with Crippen LogP contribution in [0.5, 0.6) is 0 Å². The number of amides is 1. The van der Waals surface area contributed by atoms with Crippen molar-refractivity contribution in [1.29, 1.82) is 0 Å². The molecule has 1 saturated heterocycles. The van der Waals surface area contributed by atoms with Crippen LogP contribution in [0.4, 0.5) is 0 Å². The van der Waals surface area contributed by atoms with Gasteiger partial charge in [0.15, 0.2) is 11.5 Å². The van der Waals surface area contributed by atoms with Gasteiger partial charge in [0.1, 0.15) is 0 Å². The van der Waals surface area contributed by atoms with Crippen LogP contribution in [0.2, 0.25) is 0 Å². The fraction of sp³-hybridized carbons (Fsp3) is 0.360. The lowest BCUT2D eigenvalue weighted by Crippen LogP contribution is -2.43. The maximum absolute atomic E-state index is 12.8. The number of carbonyl (C=O) groups excluding carboxylic acids is 1. The van der Waals surface area contributed by atoms with Gasteiger partial charge in [0.05, 0.1) is 19.3 Å². The highest BCUT2D eigenvalue weighted by molar-refractivity contribution is 9.10. The monoisotopic (exact) mass is 497 g/mol. The third-order valence-corrected chi connectivity index (χ3v) is 6.33. The molecule has 2 aromatic carbocycles. The number of aromatic nitrogens is 1. The molecule has 0 spiro atoms. The first-order chi connectivity index (χ1) is 15.5. The van der Waals surface area contributed by atoms with E-state index in [0.717, 1.165) is 23.1 Å². The van der Waals surface area contributed by atoms with Gasteiger partial charge in [-0.3, -0.25) is 9.69 Å². The highest BCUT2D eigenvalue weighted by Gasteiger charge is 2.24. The number of benzene rings is 2. The third kappa shape index (κ3) is 5.46. The summed E-state index contributed by atoms with van der Waals surface area (Å²) in [7, 11) is 0. The molecule has 3 aromatic rings. The van der Waals surface area contributed by atoms with Crippen LogP contribution < -0.4 is 5.32 Å². The Morgan fingerprint density at radius 3 is 2.38 bits per heavy atom. The van der Waals surface area contributed by atoms with Crippen molar-refractivity contribution in [1.82, 2.24) is 15.4 Å². The van der Waals surface area contributed by atoms with Gasteiger partial charge >= 0.3 is 0 Å². The van der Waals surface area contributed by atoms with Crippen molar-refractivity contribution in [2.75, 3.05) is 32.8 Å². The summed E-state index contributed by atoms with van der Waals surface area (Å²) < 4.78 is 11.9. The van der Waals surface area contributed by atoms with Crippen LogP contribution in [0.1, 0.15) is 47.4 Å². The third-order valence-electron chi connectivity index (χ3n) is 5.80. The number of hydrogen-bond acceptors (Lipinski definition) is 5. The number of morpholine rings is 1. The number of nitrogens with one attached hydrogen (secondary N) is 1. The van der Waals surface area contributed by atoms with Gasteiger partial charge in [-0.25, -0.2) is 0 Å². The van der Waals surface area contributed by atoms with Crippen LogP contribution in [-0.4, -0.2) is 48.8 Å². The first kappa shape index (κ1) is 22.7. The van der Waals surface area contributed by atoms with Crippen molar-refractivity contribution in [3.05, 3.63) is 75.9 Å². The van der Waals surface area contributed by atoms with E-state index < -0.39 is 0 Å². The largest absolute Gasteiger partial charge is 0.379 e. The van der Waals surface area contributed by atoms with Gasteiger partial charge in [0, 0.05) is 35.7 Å². The molecule has 1 fully saturated rings. The Bertz CT molecular complexity index is 1030. The van der Waals surface area contributed by atoms with E-state index in [-0.39, 0.29) is 17.6 Å². The molecule has 7 heteroatoms. The van der Waals surface area contributed by atoms with Crippen molar-refractivity contribution in [2.24, 2.45) is 0 Å². The quantitative estimate of drug-likeness (QED) is 0.495. The van der Waals surface area contributed by atoms with Crippen LogP contribution in [-0.2, 0) is 4.74 Å². The van der Waals surface area contributed by atoms with Crippen LogP contribution in [0.25, 0.3) is 11.3 Å². The zero-order valence-corrected chi connectivity index (χ0v) is 20.0. The van der Waals surface area contributed by atoms with Crippen molar-refractivity contribution in [3.8, 4) is 11.3 Å². The second-order valence-corrected chi connectivity index (χ2v) is 9.19. The van der Waals surface area contributed by atoms with Gasteiger partial charge in [-0.2, -0.15) is 0 Å². The van der Waals surface area contributed by atoms with Crippen LogP contribution in [0.3, 0.4) is 0 Å². The minimum Gasteiger partial charge on any atom is -0.379 e. The van der Waals surface area contributed by atoms with Crippen molar-refractivity contribution >= 4 is 21.8 Å². The van der Waals surface area contributed by atoms with E-state index in [9.17, 15) is 4.79 Å². The Kier molecular flexibility index (Phi) is 7.40. The molecular weight excluding hydrogens is 470 g/mol. The normalized spacial score (nSPS) is 15.6. The van der Waals surface area contributed by atoms with Gasteiger partial charge < -0.3 is 14.6 Å². The molecule has 0 aliphatic carbocycles. The minimum atomic E-state index is -0.242. The minimum absolute atomic E-state index is 0.0712. The highest BCUT2D eigenvalue weighted by atomic mass is 79.9.